The summed E-state index contributed by atoms with van der Waals surface area (Å²) in [5, 5.41) is 9.14. The first-order chi connectivity index (χ1) is 9.74. The molecule has 0 spiro atoms. The van der Waals surface area contributed by atoms with Gasteiger partial charge in [-0.2, -0.15) is 0 Å². The van der Waals surface area contributed by atoms with E-state index in [1.807, 2.05) is 12.1 Å². The zero-order valence-electron chi connectivity index (χ0n) is 12.0. The molecule has 1 saturated heterocycles. The lowest BCUT2D eigenvalue weighted by atomic mass is 9.94. The van der Waals surface area contributed by atoms with Crippen LogP contribution in [-0.4, -0.2) is 42.8 Å². The largest absolute Gasteiger partial charge is 0.395 e. The standard InChI is InChI=1S/C15H24FN3O/c1-2-7-19(8-9-20)11-13-10-17-18-15(13)12-3-5-14(16)6-4-12/h3-6,13,15,17-18,20H,2,7-11H2,1H3. The number of hydrogen-bond donors (Lipinski definition) is 3. The number of nitrogens with zero attached hydrogens (tertiary/aromatic N) is 1. The summed E-state index contributed by atoms with van der Waals surface area (Å²) in [6.07, 6.45) is 1.08. The monoisotopic (exact) mass is 281 g/mol. The normalized spacial score (nSPS) is 22.6. The molecule has 0 saturated carbocycles. The summed E-state index contributed by atoms with van der Waals surface area (Å²) in [5.74, 6) is 0.211. The molecule has 2 rings (SSSR count). The number of rotatable bonds is 7. The van der Waals surface area contributed by atoms with Crippen LogP contribution in [0.15, 0.2) is 24.3 Å². The zero-order chi connectivity index (χ0) is 14.4. The number of halogens is 1. The van der Waals surface area contributed by atoms with E-state index < -0.39 is 0 Å². The molecule has 1 fully saturated rings. The second kappa shape index (κ2) is 7.69. The Morgan fingerprint density at radius 3 is 2.70 bits per heavy atom. The minimum absolute atomic E-state index is 0.189. The first-order valence-electron chi connectivity index (χ1n) is 7.31. The van der Waals surface area contributed by atoms with E-state index in [1.54, 1.807) is 0 Å². The van der Waals surface area contributed by atoms with Crippen molar-refractivity contribution >= 4 is 0 Å². The third-order valence-corrected chi connectivity index (χ3v) is 3.77. The Labute approximate surface area is 119 Å². The van der Waals surface area contributed by atoms with Crippen LogP contribution in [0.4, 0.5) is 4.39 Å². The van der Waals surface area contributed by atoms with Crippen molar-refractivity contribution in [1.82, 2.24) is 15.8 Å². The van der Waals surface area contributed by atoms with E-state index in [4.69, 9.17) is 5.11 Å². The molecule has 20 heavy (non-hydrogen) atoms. The van der Waals surface area contributed by atoms with E-state index in [0.717, 1.165) is 31.6 Å². The van der Waals surface area contributed by atoms with Gasteiger partial charge in [-0.3, -0.25) is 5.43 Å². The third-order valence-electron chi connectivity index (χ3n) is 3.77. The summed E-state index contributed by atoms with van der Waals surface area (Å²) < 4.78 is 13.0. The Balaban J connectivity index is 2.00. The number of nitrogens with one attached hydrogen (secondary N) is 2. The second-order valence-electron chi connectivity index (χ2n) is 5.34. The van der Waals surface area contributed by atoms with Gasteiger partial charge < -0.3 is 10.0 Å². The summed E-state index contributed by atoms with van der Waals surface area (Å²) >= 11 is 0. The number of hydrogen-bond acceptors (Lipinski definition) is 4. The van der Waals surface area contributed by atoms with Crippen LogP contribution in [-0.2, 0) is 0 Å². The first kappa shape index (κ1) is 15.4. The smallest absolute Gasteiger partial charge is 0.123 e. The van der Waals surface area contributed by atoms with Gasteiger partial charge in [0.25, 0.3) is 0 Å². The lowest BCUT2D eigenvalue weighted by Crippen LogP contribution is -2.35. The van der Waals surface area contributed by atoms with Crippen molar-refractivity contribution in [2.45, 2.75) is 19.4 Å². The molecular weight excluding hydrogens is 257 g/mol. The average Bonchev–Trinajstić information content (AvgIpc) is 2.88. The second-order valence-corrected chi connectivity index (χ2v) is 5.34. The van der Waals surface area contributed by atoms with Crippen LogP contribution < -0.4 is 10.9 Å². The highest BCUT2D eigenvalue weighted by Gasteiger charge is 2.29. The minimum Gasteiger partial charge on any atom is -0.395 e. The van der Waals surface area contributed by atoms with Gasteiger partial charge in [-0.05, 0) is 30.7 Å². The van der Waals surface area contributed by atoms with Crippen molar-refractivity contribution in [3.63, 3.8) is 0 Å². The number of benzene rings is 1. The van der Waals surface area contributed by atoms with Crippen molar-refractivity contribution in [3.05, 3.63) is 35.6 Å². The molecule has 0 radical (unpaired) electrons. The maximum atomic E-state index is 13.0. The predicted molar refractivity (Wildman–Crippen MR) is 77.6 cm³/mol. The van der Waals surface area contributed by atoms with Gasteiger partial charge in [-0.15, -0.1) is 0 Å². The van der Waals surface area contributed by atoms with Crippen LogP contribution in [0.5, 0.6) is 0 Å². The Bertz CT molecular complexity index is 393. The lowest BCUT2D eigenvalue weighted by molar-refractivity contribution is 0.173. The van der Waals surface area contributed by atoms with E-state index in [2.05, 4.69) is 22.7 Å². The van der Waals surface area contributed by atoms with Crippen molar-refractivity contribution in [2.24, 2.45) is 5.92 Å². The lowest BCUT2D eigenvalue weighted by Gasteiger charge is -2.27. The first-order valence-corrected chi connectivity index (χ1v) is 7.31. The van der Waals surface area contributed by atoms with Crippen molar-refractivity contribution in [3.8, 4) is 0 Å². The van der Waals surface area contributed by atoms with Gasteiger partial charge in [0.15, 0.2) is 0 Å². The van der Waals surface area contributed by atoms with Crippen LogP contribution in [0.25, 0.3) is 0 Å². The van der Waals surface area contributed by atoms with Crippen LogP contribution in [0, 0.1) is 11.7 Å². The van der Waals surface area contributed by atoms with Crippen LogP contribution >= 0.6 is 0 Å². The van der Waals surface area contributed by atoms with Gasteiger partial charge in [0.2, 0.25) is 0 Å². The molecule has 2 atom stereocenters. The van der Waals surface area contributed by atoms with E-state index in [9.17, 15) is 4.39 Å². The summed E-state index contributed by atoms with van der Waals surface area (Å²) in [6, 6.07) is 6.87. The number of hydrazine groups is 1. The maximum absolute atomic E-state index is 13.0. The van der Waals surface area contributed by atoms with E-state index in [0.29, 0.717) is 12.5 Å². The van der Waals surface area contributed by atoms with Gasteiger partial charge in [-0.25, -0.2) is 9.82 Å². The molecular formula is C15H24FN3O. The molecule has 4 nitrogen and oxygen atoms in total. The molecule has 0 aliphatic carbocycles. The molecule has 0 amide bonds. The Morgan fingerprint density at radius 1 is 1.30 bits per heavy atom. The molecule has 112 valence electrons. The molecule has 2 unspecified atom stereocenters. The molecule has 3 N–H and O–H groups in total. The predicted octanol–water partition coefficient (Wildman–Crippen LogP) is 1.30. The van der Waals surface area contributed by atoms with E-state index in [-0.39, 0.29) is 18.5 Å². The summed E-state index contributed by atoms with van der Waals surface area (Å²) in [4.78, 5) is 2.29. The van der Waals surface area contributed by atoms with Crippen LogP contribution in [0.2, 0.25) is 0 Å². The van der Waals surface area contributed by atoms with Gasteiger partial charge in [-0.1, -0.05) is 19.1 Å². The average molecular weight is 281 g/mol. The van der Waals surface area contributed by atoms with E-state index in [1.165, 1.54) is 12.1 Å². The highest BCUT2D eigenvalue weighted by molar-refractivity contribution is 5.21. The molecule has 1 aromatic rings. The fourth-order valence-electron chi connectivity index (χ4n) is 2.81. The molecule has 1 heterocycles. The maximum Gasteiger partial charge on any atom is 0.123 e. The highest BCUT2D eigenvalue weighted by Crippen LogP contribution is 2.25. The van der Waals surface area contributed by atoms with Crippen molar-refractivity contribution in [1.29, 1.82) is 0 Å². The van der Waals surface area contributed by atoms with E-state index >= 15 is 0 Å². The molecule has 1 aliphatic rings. The molecule has 5 heteroatoms. The zero-order valence-corrected chi connectivity index (χ0v) is 12.0. The topological polar surface area (TPSA) is 47.5 Å². The van der Waals surface area contributed by atoms with Crippen molar-refractivity contribution < 1.29 is 9.50 Å². The fraction of sp³-hybridized carbons (Fsp3) is 0.600. The van der Waals surface area contributed by atoms with Gasteiger partial charge in [0, 0.05) is 25.6 Å². The van der Waals surface area contributed by atoms with Gasteiger partial charge in [0.1, 0.15) is 5.82 Å². The summed E-state index contributed by atoms with van der Waals surface area (Å²) in [6.45, 7) is 5.85. The Kier molecular flexibility index (Phi) is 5.91. The Morgan fingerprint density at radius 2 is 2.05 bits per heavy atom. The van der Waals surface area contributed by atoms with Gasteiger partial charge in [0.05, 0.1) is 12.6 Å². The molecule has 0 bridgehead atoms. The van der Waals surface area contributed by atoms with Crippen LogP contribution in [0.3, 0.4) is 0 Å². The Hall–Kier alpha value is -1.01. The quantitative estimate of drug-likeness (QED) is 0.705. The third kappa shape index (κ3) is 3.99. The molecule has 1 aliphatic heterocycles. The van der Waals surface area contributed by atoms with Crippen molar-refractivity contribution in [2.75, 3.05) is 32.8 Å². The van der Waals surface area contributed by atoms with Gasteiger partial charge >= 0.3 is 0 Å². The highest BCUT2D eigenvalue weighted by atomic mass is 19.1. The number of aliphatic hydroxyl groups excluding tert-OH is 1. The number of aliphatic hydroxyl groups is 1. The molecule has 1 aromatic carbocycles. The SMILES string of the molecule is CCCN(CCO)CC1CNNC1c1ccc(F)cc1. The molecule has 0 aromatic heterocycles. The summed E-state index contributed by atoms with van der Waals surface area (Å²) in [5.41, 5.74) is 7.56. The fourth-order valence-corrected chi connectivity index (χ4v) is 2.81. The minimum atomic E-state index is -0.204. The van der Waals surface area contributed by atoms with Crippen LogP contribution in [0.1, 0.15) is 24.9 Å². The summed E-state index contributed by atoms with van der Waals surface area (Å²) in [7, 11) is 0.